The van der Waals surface area contributed by atoms with Crippen LogP contribution in [0.5, 0.6) is 0 Å². The molecule has 4 nitrogen and oxygen atoms in total. The summed E-state index contributed by atoms with van der Waals surface area (Å²) < 4.78 is 0. The summed E-state index contributed by atoms with van der Waals surface area (Å²) in [5.41, 5.74) is 0. The Labute approximate surface area is 159 Å². The minimum atomic E-state index is -0.930. The molecule has 0 saturated carbocycles. The Bertz CT molecular complexity index is 249. The fourth-order valence-electron chi connectivity index (χ4n) is 1.40. The van der Waals surface area contributed by atoms with Crippen LogP contribution in [-0.4, -0.2) is 49.7 Å². The molecule has 5 heteroatoms. The van der Waals surface area contributed by atoms with Crippen molar-refractivity contribution in [2.45, 2.75) is 67.2 Å². The number of carbonyl (C=O) groups is 2. The van der Waals surface area contributed by atoms with Crippen LogP contribution in [0.4, 0.5) is 0 Å². The van der Waals surface area contributed by atoms with Gasteiger partial charge in [0.05, 0.1) is 0 Å². The molecule has 21 heavy (non-hydrogen) atoms. The molecule has 0 rings (SSSR count). The van der Waals surface area contributed by atoms with Gasteiger partial charge in [0.15, 0.2) is 0 Å². The Morgan fingerprint density at radius 2 is 0.905 bits per heavy atom. The fourth-order valence-corrected chi connectivity index (χ4v) is 1.40. The van der Waals surface area contributed by atoms with Gasteiger partial charge in [-0.05, 0) is 36.5 Å². The zero-order valence-corrected chi connectivity index (χ0v) is 16.7. The molecule has 0 aromatic heterocycles. The quantitative estimate of drug-likeness (QED) is 0.628. The molecule has 0 amide bonds. The van der Waals surface area contributed by atoms with Crippen LogP contribution in [0.3, 0.4) is 0 Å². The van der Waals surface area contributed by atoms with Gasteiger partial charge in [0.2, 0.25) is 0 Å². The Kier molecular flexibility index (Phi) is 18.8. The van der Waals surface area contributed by atoms with E-state index in [1.54, 1.807) is 13.8 Å². The molecule has 0 N–H and O–H groups in total. The predicted molar refractivity (Wildman–Crippen MR) is 82.2 cm³/mol. The van der Waals surface area contributed by atoms with E-state index < -0.39 is 11.9 Å². The molecule has 0 heterocycles. The second-order valence-corrected chi connectivity index (χ2v) is 6.38. The maximum absolute atomic E-state index is 10.2. The number of carboxylic acids is 2. The van der Waals surface area contributed by atoms with Crippen molar-refractivity contribution < 1.29 is 19.8 Å². The molecule has 0 spiro atoms. The first-order valence-electron chi connectivity index (χ1n) is 7.49. The topological polar surface area (TPSA) is 80.3 Å². The van der Waals surface area contributed by atoms with Crippen molar-refractivity contribution in [1.29, 1.82) is 0 Å². The van der Waals surface area contributed by atoms with E-state index in [9.17, 15) is 19.8 Å². The van der Waals surface area contributed by atoms with E-state index in [2.05, 4.69) is 27.7 Å². The van der Waals surface area contributed by atoms with Crippen LogP contribution in [0.1, 0.15) is 67.2 Å². The number of carboxylic acid groups (broad SMARTS) is 2. The molecule has 2 atom stereocenters. The van der Waals surface area contributed by atoms with Gasteiger partial charge < -0.3 is 19.8 Å². The van der Waals surface area contributed by atoms with Gasteiger partial charge in [-0.3, -0.25) is 0 Å². The van der Waals surface area contributed by atoms with Crippen LogP contribution in [-0.2, 0) is 9.59 Å². The summed E-state index contributed by atoms with van der Waals surface area (Å²) in [4.78, 5) is 20.4. The van der Waals surface area contributed by atoms with E-state index in [0.717, 1.165) is 25.7 Å². The van der Waals surface area contributed by atoms with Crippen LogP contribution >= 0.6 is 0 Å². The molecule has 0 saturated heterocycles. The van der Waals surface area contributed by atoms with E-state index in [4.69, 9.17) is 0 Å². The van der Waals surface area contributed by atoms with Gasteiger partial charge in [-0.15, -0.1) is 0 Å². The van der Waals surface area contributed by atoms with Crippen LogP contribution in [0.25, 0.3) is 0 Å². The number of hydrogen-bond acceptors (Lipinski definition) is 4. The molecular formula is C16H30CaO4. The van der Waals surface area contributed by atoms with Gasteiger partial charge in [0.1, 0.15) is 0 Å². The first-order valence-corrected chi connectivity index (χ1v) is 7.49. The van der Waals surface area contributed by atoms with Gasteiger partial charge >= 0.3 is 37.7 Å². The first kappa shape index (κ1) is 26.1. The average molecular weight is 326 g/mol. The number of aliphatic carboxylic acids is 2. The van der Waals surface area contributed by atoms with Crippen molar-refractivity contribution in [2.75, 3.05) is 0 Å². The summed E-state index contributed by atoms with van der Waals surface area (Å²) in [6, 6.07) is 0. The van der Waals surface area contributed by atoms with Gasteiger partial charge in [-0.1, -0.05) is 54.4 Å². The summed E-state index contributed by atoms with van der Waals surface area (Å²) in [5.74, 6) is -1.27. The smallest absolute Gasteiger partial charge is 0.550 e. The van der Waals surface area contributed by atoms with Crippen molar-refractivity contribution in [3.63, 3.8) is 0 Å². The van der Waals surface area contributed by atoms with E-state index in [-0.39, 0.29) is 49.6 Å². The molecule has 0 fully saturated rings. The van der Waals surface area contributed by atoms with Gasteiger partial charge in [-0.2, -0.15) is 0 Å². The Balaban J connectivity index is -0.000000295. The Morgan fingerprint density at radius 1 is 0.667 bits per heavy atom. The summed E-state index contributed by atoms with van der Waals surface area (Å²) >= 11 is 0. The monoisotopic (exact) mass is 326 g/mol. The van der Waals surface area contributed by atoms with E-state index >= 15 is 0 Å². The second-order valence-electron chi connectivity index (χ2n) is 6.38. The molecule has 120 valence electrons. The molecule has 0 aromatic rings. The predicted octanol–water partition coefficient (Wildman–Crippen LogP) is 1.24. The number of hydrogen-bond donors (Lipinski definition) is 0. The maximum Gasteiger partial charge on any atom is 2.00 e. The third-order valence-electron chi connectivity index (χ3n) is 3.16. The minimum absolute atomic E-state index is 0. The van der Waals surface area contributed by atoms with Gasteiger partial charge in [0, 0.05) is 11.9 Å². The fraction of sp³-hybridized carbons (Fsp3) is 0.875. The summed E-state index contributed by atoms with van der Waals surface area (Å²) in [5, 5.41) is 20.4. The number of rotatable bonds is 8. The van der Waals surface area contributed by atoms with E-state index in [1.165, 1.54) is 0 Å². The molecule has 0 aromatic carbocycles. The zero-order chi connectivity index (χ0) is 16.3. The third-order valence-corrected chi connectivity index (χ3v) is 3.16. The van der Waals surface area contributed by atoms with E-state index in [1.807, 2.05) is 0 Å². The SMILES string of the molecule is CC(C)CCC(C)C(=O)[O-].CC(C)CCC(C)C(=O)[O-].[Ca+2]. The van der Waals surface area contributed by atoms with Crippen LogP contribution < -0.4 is 10.2 Å². The molecule has 0 bridgehead atoms. The van der Waals surface area contributed by atoms with Gasteiger partial charge in [-0.25, -0.2) is 0 Å². The average Bonchev–Trinajstić information content (AvgIpc) is 2.33. The first-order chi connectivity index (χ1) is 9.07. The number of carbonyl (C=O) groups excluding carboxylic acids is 2. The summed E-state index contributed by atoms with van der Waals surface area (Å²) in [6.07, 6.45) is 3.41. The van der Waals surface area contributed by atoms with Gasteiger partial charge in [0.25, 0.3) is 0 Å². The van der Waals surface area contributed by atoms with Crippen molar-refractivity contribution in [2.24, 2.45) is 23.7 Å². The summed E-state index contributed by atoms with van der Waals surface area (Å²) in [6.45, 7) is 11.7. The molecule has 0 aliphatic heterocycles. The molecule has 2 unspecified atom stereocenters. The maximum atomic E-state index is 10.2. The molecular weight excluding hydrogens is 296 g/mol. The largest absolute Gasteiger partial charge is 2.00 e. The van der Waals surface area contributed by atoms with Crippen LogP contribution in [0.15, 0.2) is 0 Å². The third kappa shape index (κ3) is 20.2. The van der Waals surface area contributed by atoms with Crippen molar-refractivity contribution in [1.82, 2.24) is 0 Å². The minimum Gasteiger partial charge on any atom is -0.550 e. The Hall–Kier alpha value is 0.200. The summed E-state index contributed by atoms with van der Waals surface area (Å²) in [7, 11) is 0. The molecule has 0 radical (unpaired) electrons. The van der Waals surface area contributed by atoms with Crippen molar-refractivity contribution in [3.05, 3.63) is 0 Å². The molecule has 0 aliphatic rings. The van der Waals surface area contributed by atoms with Crippen molar-refractivity contribution >= 4 is 49.7 Å². The van der Waals surface area contributed by atoms with Crippen molar-refractivity contribution in [3.8, 4) is 0 Å². The zero-order valence-electron chi connectivity index (χ0n) is 14.5. The molecule has 0 aliphatic carbocycles. The van der Waals surface area contributed by atoms with Crippen LogP contribution in [0.2, 0.25) is 0 Å². The second kappa shape index (κ2) is 15.1. The Morgan fingerprint density at radius 3 is 1.05 bits per heavy atom. The normalized spacial score (nSPS) is 13.0. The van der Waals surface area contributed by atoms with Crippen LogP contribution in [0, 0.1) is 23.7 Å². The standard InChI is InChI=1S/2C8H16O2.Ca/c2*1-6(2)4-5-7(3)8(9)10;/h2*6-7H,4-5H2,1-3H3,(H,9,10);/q;;+2/p-2. The van der Waals surface area contributed by atoms with E-state index in [0.29, 0.717) is 11.8 Å².